The molecule has 2 rings (SSSR count). The molecule has 1 aliphatic rings. The van der Waals surface area contributed by atoms with Crippen molar-refractivity contribution in [2.45, 2.75) is 31.9 Å². The summed E-state index contributed by atoms with van der Waals surface area (Å²) in [6, 6.07) is 5.65. The molecule has 1 unspecified atom stereocenters. The highest BCUT2D eigenvalue weighted by Gasteiger charge is 2.25. The van der Waals surface area contributed by atoms with E-state index in [1.807, 2.05) is 18.2 Å². The maximum atomic E-state index is 9.75. The maximum absolute atomic E-state index is 9.75. The minimum atomic E-state index is -0.696. The van der Waals surface area contributed by atoms with Crippen molar-refractivity contribution in [2.75, 3.05) is 17.7 Å². The summed E-state index contributed by atoms with van der Waals surface area (Å²) >= 11 is 0. The molecule has 16 heavy (non-hydrogen) atoms. The number of nitrogens with two attached hydrogens (primary N) is 1. The van der Waals surface area contributed by atoms with Crippen LogP contribution in [0.1, 0.15) is 20.3 Å². The van der Waals surface area contributed by atoms with Crippen LogP contribution in [0.25, 0.3) is 0 Å². The molecule has 0 radical (unpaired) electrons. The van der Waals surface area contributed by atoms with Crippen molar-refractivity contribution < 1.29 is 9.84 Å². The zero-order valence-electron chi connectivity index (χ0n) is 9.66. The van der Waals surface area contributed by atoms with E-state index in [-0.39, 0.29) is 6.04 Å². The van der Waals surface area contributed by atoms with Gasteiger partial charge < -0.3 is 20.9 Å². The lowest BCUT2D eigenvalue weighted by Gasteiger charge is -2.31. The number of ether oxygens (including phenoxy) is 1. The zero-order chi connectivity index (χ0) is 11.8. The van der Waals surface area contributed by atoms with Crippen LogP contribution in [0.4, 0.5) is 11.4 Å². The lowest BCUT2D eigenvalue weighted by Crippen LogP contribution is -2.38. The summed E-state index contributed by atoms with van der Waals surface area (Å²) in [5.41, 5.74) is 6.62. The van der Waals surface area contributed by atoms with Crippen LogP contribution in [0.5, 0.6) is 5.75 Å². The predicted octanol–water partition coefficient (Wildman–Crippen LogP) is 1.60. The molecular weight excluding hydrogens is 204 g/mol. The fourth-order valence-electron chi connectivity index (χ4n) is 1.95. The number of rotatable bonds is 2. The van der Waals surface area contributed by atoms with Gasteiger partial charge in [0, 0.05) is 5.69 Å². The van der Waals surface area contributed by atoms with Gasteiger partial charge in [-0.25, -0.2) is 0 Å². The first-order valence-electron chi connectivity index (χ1n) is 5.45. The number of hydrogen-bond donors (Lipinski definition) is 3. The molecule has 1 heterocycles. The predicted molar refractivity (Wildman–Crippen MR) is 64.7 cm³/mol. The first-order chi connectivity index (χ1) is 7.44. The van der Waals surface area contributed by atoms with Crippen LogP contribution in [-0.2, 0) is 0 Å². The molecular formula is C12H18N2O2. The average molecular weight is 222 g/mol. The van der Waals surface area contributed by atoms with Gasteiger partial charge in [-0.3, -0.25) is 0 Å². The Morgan fingerprint density at radius 2 is 2.31 bits per heavy atom. The van der Waals surface area contributed by atoms with Crippen LogP contribution in [0.15, 0.2) is 18.2 Å². The van der Waals surface area contributed by atoms with Crippen molar-refractivity contribution in [3.8, 4) is 5.75 Å². The maximum Gasteiger partial charge on any atom is 0.142 e. The van der Waals surface area contributed by atoms with Crippen LogP contribution in [0, 0.1) is 0 Å². The standard InChI is InChI=1S/C12H18N2O2/c1-12(2,15)6-9-7-16-11-4-3-8(13)5-10(11)14-9/h3-5,9,14-15H,6-7,13H2,1-2H3. The summed E-state index contributed by atoms with van der Waals surface area (Å²) in [7, 11) is 0. The molecule has 0 aliphatic carbocycles. The monoisotopic (exact) mass is 222 g/mol. The van der Waals surface area contributed by atoms with Gasteiger partial charge in [0.2, 0.25) is 0 Å². The number of hydrogen-bond acceptors (Lipinski definition) is 4. The minimum absolute atomic E-state index is 0.120. The molecule has 1 aromatic rings. The third-order valence-electron chi connectivity index (χ3n) is 2.55. The summed E-state index contributed by atoms with van der Waals surface area (Å²) < 4.78 is 5.61. The van der Waals surface area contributed by atoms with E-state index < -0.39 is 5.60 Å². The largest absolute Gasteiger partial charge is 0.489 e. The molecule has 0 bridgehead atoms. The fraction of sp³-hybridized carbons (Fsp3) is 0.500. The normalized spacial score (nSPS) is 19.6. The van der Waals surface area contributed by atoms with E-state index >= 15 is 0 Å². The van der Waals surface area contributed by atoms with Crippen molar-refractivity contribution in [1.82, 2.24) is 0 Å². The molecule has 4 nitrogen and oxygen atoms in total. The highest BCUT2D eigenvalue weighted by atomic mass is 16.5. The molecule has 88 valence electrons. The number of nitrogen functional groups attached to an aromatic ring is 1. The van der Waals surface area contributed by atoms with Gasteiger partial charge in [0.05, 0.1) is 17.3 Å². The Bertz CT molecular complexity index is 385. The number of benzene rings is 1. The van der Waals surface area contributed by atoms with Crippen molar-refractivity contribution >= 4 is 11.4 Å². The molecule has 4 N–H and O–H groups in total. The van der Waals surface area contributed by atoms with Crippen LogP contribution < -0.4 is 15.8 Å². The van der Waals surface area contributed by atoms with E-state index in [2.05, 4.69) is 5.32 Å². The van der Waals surface area contributed by atoms with E-state index in [1.54, 1.807) is 13.8 Å². The van der Waals surface area contributed by atoms with Crippen molar-refractivity contribution in [1.29, 1.82) is 0 Å². The summed E-state index contributed by atoms with van der Waals surface area (Å²) in [5.74, 6) is 0.821. The van der Waals surface area contributed by atoms with E-state index in [4.69, 9.17) is 10.5 Å². The van der Waals surface area contributed by atoms with Gasteiger partial charge in [-0.2, -0.15) is 0 Å². The Kier molecular flexibility index (Phi) is 2.68. The molecule has 0 fully saturated rings. The Labute approximate surface area is 95.4 Å². The lowest BCUT2D eigenvalue weighted by atomic mass is 9.98. The van der Waals surface area contributed by atoms with E-state index in [1.165, 1.54) is 0 Å². The third-order valence-corrected chi connectivity index (χ3v) is 2.55. The second-order valence-corrected chi connectivity index (χ2v) is 4.92. The first-order valence-corrected chi connectivity index (χ1v) is 5.45. The van der Waals surface area contributed by atoms with Crippen molar-refractivity contribution in [3.05, 3.63) is 18.2 Å². The van der Waals surface area contributed by atoms with E-state index in [0.717, 1.165) is 11.4 Å². The molecule has 0 saturated heterocycles. The number of fused-ring (bicyclic) bond motifs is 1. The fourth-order valence-corrected chi connectivity index (χ4v) is 1.95. The highest BCUT2D eigenvalue weighted by Crippen LogP contribution is 2.32. The smallest absolute Gasteiger partial charge is 0.142 e. The average Bonchev–Trinajstić information content (AvgIpc) is 2.14. The summed E-state index contributed by atoms with van der Waals surface area (Å²) in [6.45, 7) is 4.16. The summed E-state index contributed by atoms with van der Waals surface area (Å²) in [4.78, 5) is 0. The van der Waals surface area contributed by atoms with Crippen LogP contribution >= 0.6 is 0 Å². The molecule has 0 aromatic heterocycles. The van der Waals surface area contributed by atoms with Gasteiger partial charge in [0.25, 0.3) is 0 Å². The van der Waals surface area contributed by atoms with Gasteiger partial charge in [-0.15, -0.1) is 0 Å². The topological polar surface area (TPSA) is 67.5 Å². The molecule has 1 atom stereocenters. The summed E-state index contributed by atoms with van der Waals surface area (Å²) in [6.07, 6.45) is 0.640. The molecule has 0 saturated carbocycles. The number of aliphatic hydroxyl groups is 1. The Hall–Kier alpha value is -1.42. The molecule has 0 amide bonds. The van der Waals surface area contributed by atoms with E-state index in [0.29, 0.717) is 18.7 Å². The van der Waals surface area contributed by atoms with Crippen LogP contribution in [0.2, 0.25) is 0 Å². The third kappa shape index (κ3) is 2.58. The lowest BCUT2D eigenvalue weighted by molar-refractivity contribution is 0.0587. The number of anilines is 2. The van der Waals surface area contributed by atoms with Crippen LogP contribution in [0.3, 0.4) is 0 Å². The second-order valence-electron chi connectivity index (χ2n) is 4.92. The Morgan fingerprint density at radius 1 is 1.56 bits per heavy atom. The Balaban J connectivity index is 2.11. The van der Waals surface area contributed by atoms with Gasteiger partial charge in [-0.05, 0) is 38.5 Å². The Morgan fingerprint density at radius 3 is 3.00 bits per heavy atom. The van der Waals surface area contributed by atoms with Crippen molar-refractivity contribution in [2.24, 2.45) is 0 Å². The first kappa shape index (κ1) is 11.1. The second kappa shape index (κ2) is 3.87. The molecule has 1 aliphatic heterocycles. The van der Waals surface area contributed by atoms with Crippen LogP contribution in [-0.4, -0.2) is 23.4 Å². The van der Waals surface area contributed by atoms with Gasteiger partial charge in [0.15, 0.2) is 0 Å². The molecule has 4 heteroatoms. The quantitative estimate of drug-likeness (QED) is 0.665. The highest BCUT2D eigenvalue weighted by molar-refractivity contribution is 5.64. The van der Waals surface area contributed by atoms with Gasteiger partial charge >= 0.3 is 0 Å². The minimum Gasteiger partial charge on any atom is -0.489 e. The molecule has 1 aromatic carbocycles. The SMILES string of the molecule is CC(C)(O)CC1COc2ccc(N)cc2N1. The number of nitrogens with one attached hydrogen (secondary N) is 1. The summed E-state index contributed by atoms with van der Waals surface area (Å²) in [5, 5.41) is 13.1. The van der Waals surface area contributed by atoms with Gasteiger partial charge in [0.1, 0.15) is 12.4 Å². The van der Waals surface area contributed by atoms with Crippen molar-refractivity contribution in [3.63, 3.8) is 0 Å². The zero-order valence-corrected chi connectivity index (χ0v) is 9.66. The van der Waals surface area contributed by atoms with Gasteiger partial charge in [-0.1, -0.05) is 0 Å². The van der Waals surface area contributed by atoms with E-state index in [9.17, 15) is 5.11 Å². The molecule has 0 spiro atoms.